The summed E-state index contributed by atoms with van der Waals surface area (Å²) in [4.78, 5) is 39.4. The lowest BCUT2D eigenvalue weighted by Gasteiger charge is -2.35. The molecule has 1 saturated heterocycles. The van der Waals surface area contributed by atoms with Gasteiger partial charge in [-0.05, 0) is 31.2 Å². The fraction of sp³-hybridized carbons (Fsp3) is 0.368. The molecule has 1 aliphatic rings. The van der Waals surface area contributed by atoms with E-state index in [2.05, 4.69) is 20.2 Å². The van der Waals surface area contributed by atoms with Gasteiger partial charge in [-0.15, -0.1) is 0 Å². The second kappa shape index (κ2) is 8.13. The number of aryl methyl sites for hydroxylation is 1. The summed E-state index contributed by atoms with van der Waals surface area (Å²) in [5.41, 5.74) is 1.97. The standard InChI is InChI=1S/C19H23N5O3/c1-14(25)15-3-5-16(6-4-15)21-18(26)13-23-7-9-24(10-8-23)17-11-19(27)22(2)20-12-17/h3-6,11-12H,7-10,13H2,1-2H3,(H,21,26). The summed E-state index contributed by atoms with van der Waals surface area (Å²) in [5.74, 6) is -0.0912. The molecule has 8 nitrogen and oxygen atoms in total. The highest BCUT2D eigenvalue weighted by Gasteiger charge is 2.20. The Balaban J connectivity index is 1.49. The van der Waals surface area contributed by atoms with Gasteiger partial charge in [0, 0.05) is 50.5 Å². The van der Waals surface area contributed by atoms with Crippen LogP contribution >= 0.6 is 0 Å². The number of Topliss-reactive ketones (excluding diaryl/α,β-unsaturated/α-hetero) is 1. The molecule has 1 aliphatic heterocycles. The number of hydrogen-bond acceptors (Lipinski definition) is 6. The third-order valence-electron chi connectivity index (χ3n) is 4.63. The highest BCUT2D eigenvalue weighted by molar-refractivity contribution is 5.96. The van der Waals surface area contributed by atoms with Crippen molar-refractivity contribution in [3.63, 3.8) is 0 Å². The van der Waals surface area contributed by atoms with Gasteiger partial charge in [-0.2, -0.15) is 5.10 Å². The van der Waals surface area contributed by atoms with Gasteiger partial charge < -0.3 is 10.2 Å². The zero-order valence-electron chi connectivity index (χ0n) is 15.5. The Morgan fingerprint density at radius 2 is 1.78 bits per heavy atom. The molecule has 0 aliphatic carbocycles. The van der Waals surface area contributed by atoms with E-state index in [1.165, 1.54) is 11.6 Å². The normalized spacial score (nSPS) is 14.8. The number of aromatic nitrogens is 2. The van der Waals surface area contributed by atoms with Crippen molar-refractivity contribution in [1.82, 2.24) is 14.7 Å². The van der Waals surface area contributed by atoms with E-state index in [0.29, 0.717) is 17.8 Å². The van der Waals surface area contributed by atoms with Crippen molar-refractivity contribution in [3.05, 3.63) is 52.4 Å². The van der Waals surface area contributed by atoms with Crippen LogP contribution in [0.25, 0.3) is 0 Å². The molecule has 142 valence electrons. The van der Waals surface area contributed by atoms with E-state index in [4.69, 9.17) is 0 Å². The van der Waals surface area contributed by atoms with Gasteiger partial charge in [-0.25, -0.2) is 4.68 Å². The van der Waals surface area contributed by atoms with Gasteiger partial charge in [0.1, 0.15) is 0 Å². The molecule has 0 radical (unpaired) electrons. The van der Waals surface area contributed by atoms with Crippen LogP contribution in [0.2, 0.25) is 0 Å². The molecular weight excluding hydrogens is 346 g/mol. The van der Waals surface area contributed by atoms with Gasteiger partial charge >= 0.3 is 0 Å². The largest absolute Gasteiger partial charge is 0.368 e. The predicted molar refractivity (Wildman–Crippen MR) is 103 cm³/mol. The smallest absolute Gasteiger partial charge is 0.268 e. The van der Waals surface area contributed by atoms with Crippen LogP contribution in [0.1, 0.15) is 17.3 Å². The van der Waals surface area contributed by atoms with Crippen LogP contribution in [0.5, 0.6) is 0 Å². The lowest BCUT2D eigenvalue weighted by Crippen LogP contribution is -2.49. The van der Waals surface area contributed by atoms with Gasteiger partial charge in [-0.1, -0.05) is 0 Å². The second-order valence-electron chi connectivity index (χ2n) is 6.62. The van der Waals surface area contributed by atoms with Crippen molar-refractivity contribution in [2.45, 2.75) is 6.92 Å². The summed E-state index contributed by atoms with van der Waals surface area (Å²) in [6, 6.07) is 8.45. The molecule has 2 heterocycles. The first-order valence-electron chi connectivity index (χ1n) is 8.84. The Morgan fingerprint density at radius 3 is 2.37 bits per heavy atom. The molecule has 1 amide bonds. The van der Waals surface area contributed by atoms with Crippen molar-refractivity contribution in [3.8, 4) is 0 Å². The van der Waals surface area contributed by atoms with E-state index in [-0.39, 0.29) is 17.2 Å². The number of nitrogens with zero attached hydrogens (tertiary/aromatic N) is 4. The first-order valence-corrected chi connectivity index (χ1v) is 8.84. The van der Waals surface area contributed by atoms with Crippen molar-refractivity contribution < 1.29 is 9.59 Å². The number of benzene rings is 1. The molecule has 0 spiro atoms. The van der Waals surface area contributed by atoms with Crippen LogP contribution in [-0.4, -0.2) is 59.1 Å². The minimum absolute atomic E-state index is 0.00258. The van der Waals surface area contributed by atoms with E-state index in [0.717, 1.165) is 31.9 Å². The first kappa shape index (κ1) is 18.8. The molecule has 8 heteroatoms. The predicted octanol–water partition coefficient (Wildman–Crippen LogP) is 0.744. The summed E-state index contributed by atoms with van der Waals surface area (Å²) in [6.45, 7) is 4.73. The fourth-order valence-corrected chi connectivity index (χ4v) is 2.99. The van der Waals surface area contributed by atoms with Crippen LogP contribution in [0.4, 0.5) is 11.4 Å². The van der Waals surface area contributed by atoms with Crippen LogP contribution in [0.15, 0.2) is 41.3 Å². The zero-order chi connectivity index (χ0) is 19.4. The van der Waals surface area contributed by atoms with Gasteiger partial charge in [0.25, 0.3) is 5.56 Å². The lowest BCUT2D eigenvalue weighted by molar-refractivity contribution is -0.117. The Labute approximate surface area is 157 Å². The van der Waals surface area contributed by atoms with Gasteiger partial charge in [0.15, 0.2) is 5.78 Å². The number of nitrogens with one attached hydrogen (secondary N) is 1. The van der Waals surface area contributed by atoms with E-state index in [9.17, 15) is 14.4 Å². The summed E-state index contributed by atoms with van der Waals surface area (Å²) >= 11 is 0. The molecular formula is C19H23N5O3. The number of piperazine rings is 1. The molecule has 0 bridgehead atoms. The first-order chi connectivity index (χ1) is 12.9. The number of ketones is 1. The fourth-order valence-electron chi connectivity index (χ4n) is 2.99. The molecule has 1 aromatic heterocycles. The van der Waals surface area contributed by atoms with Crippen molar-refractivity contribution in [2.75, 3.05) is 42.9 Å². The number of anilines is 2. The Hall–Kier alpha value is -3.00. The van der Waals surface area contributed by atoms with Crippen molar-refractivity contribution >= 4 is 23.1 Å². The lowest BCUT2D eigenvalue weighted by atomic mass is 10.1. The molecule has 1 aromatic carbocycles. The quantitative estimate of drug-likeness (QED) is 0.783. The summed E-state index contributed by atoms with van der Waals surface area (Å²) in [6.07, 6.45) is 1.69. The minimum Gasteiger partial charge on any atom is -0.368 e. The number of carbonyl (C=O) groups excluding carboxylic acids is 2. The van der Waals surface area contributed by atoms with E-state index in [1.807, 2.05) is 0 Å². The van der Waals surface area contributed by atoms with Crippen molar-refractivity contribution in [2.24, 2.45) is 7.05 Å². The monoisotopic (exact) mass is 369 g/mol. The number of rotatable bonds is 5. The highest BCUT2D eigenvalue weighted by Crippen LogP contribution is 2.13. The third-order valence-corrected chi connectivity index (χ3v) is 4.63. The van der Waals surface area contributed by atoms with Crippen LogP contribution in [0, 0.1) is 0 Å². The maximum atomic E-state index is 12.2. The van der Waals surface area contributed by atoms with E-state index < -0.39 is 0 Å². The number of amides is 1. The van der Waals surface area contributed by atoms with Gasteiger partial charge in [0.05, 0.1) is 18.4 Å². The molecule has 1 N–H and O–H groups in total. The average Bonchev–Trinajstić information content (AvgIpc) is 2.65. The van der Waals surface area contributed by atoms with E-state index in [1.54, 1.807) is 43.6 Å². The highest BCUT2D eigenvalue weighted by atomic mass is 16.2. The molecule has 1 fully saturated rings. The van der Waals surface area contributed by atoms with Gasteiger partial charge in [0.2, 0.25) is 5.91 Å². The summed E-state index contributed by atoms with van der Waals surface area (Å²) < 4.78 is 1.30. The molecule has 3 rings (SSSR count). The SMILES string of the molecule is CC(=O)c1ccc(NC(=O)CN2CCN(c3cnn(C)c(=O)c3)CC2)cc1. The summed E-state index contributed by atoms with van der Waals surface area (Å²) in [7, 11) is 1.62. The molecule has 0 atom stereocenters. The van der Waals surface area contributed by atoms with Crippen LogP contribution in [-0.2, 0) is 11.8 Å². The second-order valence-corrected chi connectivity index (χ2v) is 6.62. The number of carbonyl (C=O) groups is 2. The average molecular weight is 369 g/mol. The molecule has 0 unspecified atom stereocenters. The maximum Gasteiger partial charge on any atom is 0.268 e. The van der Waals surface area contributed by atoms with E-state index >= 15 is 0 Å². The zero-order valence-corrected chi connectivity index (χ0v) is 15.5. The number of hydrogen-bond donors (Lipinski definition) is 1. The minimum atomic E-state index is -0.134. The molecule has 27 heavy (non-hydrogen) atoms. The Bertz CT molecular complexity index is 883. The molecule has 0 saturated carbocycles. The topological polar surface area (TPSA) is 87.5 Å². The Kier molecular flexibility index (Phi) is 5.66. The third kappa shape index (κ3) is 4.79. The maximum absolute atomic E-state index is 12.2. The van der Waals surface area contributed by atoms with Gasteiger partial charge in [-0.3, -0.25) is 19.3 Å². The Morgan fingerprint density at radius 1 is 1.11 bits per heavy atom. The molecule has 2 aromatic rings. The van der Waals surface area contributed by atoms with Crippen LogP contribution in [0.3, 0.4) is 0 Å². The van der Waals surface area contributed by atoms with Crippen molar-refractivity contribution in [1.29, 1.82) is 0 Å². The summed E-state index contributed by atoms with van der Waals surface area (Å²) in [5, 5.41) is 6.90. The van der Waals surface area contributed by atoms with Crippen LogP contribution < -0.4 is 15.8 Å².